The summed E-state index contributed by atoms with van der Waals surface area (Å²) in [6, 6.07) is 0. The van der Waals surface area contributed by atoms with Crippen molar-refractivity contribution in [3.8, 4) is 0 Å². The average Bonchev–Trinajstić information content (AvgIpc) is 3.25. The van der Waals surface area contributed by atoms with E-state index in [0.29, 0.717) is 12.8 Å². The molecule has 0 amide bonds. The maximum absolute atomic E-state index is 13.2. The molecule has 1 aliphatic rings. The summed E-state index contributed by atoms with van der Waals surface area (Å²) in [7, 11) is 0. The maximum atomic E-state index is 13.2. The second kappa shape index (κ2) is 22.1. The molecule has 10 nitrogen and oxygen atoms in total. The molecule has 0 spiro atoms. The summed E-state index contributed by atoms with van der Waals surface area (Å²) >= 11 is 0. The first-order valence-corrected chi connectivity index (χ1v) is 16.4. The molecule has 2 unspecified atom stereocenters. The highest BCUT2D eigenvalue weighted by Crippen LogP contribution is 2.47. The Morgan fingerprint density at radius 2 is 1.17 bits per heavy atom. The van der Waals surface area contributed by atoms with E-state index in [0.717, 1.165) is 51.4 Å². The van der Waals surface area contributed by atoms with E-state index < -0.39 is 62.0 Å². The van der Waals surface area contributed by atoms with Gasteiger partial charge in [-0.1, -0.05) is 104 Å². The van der Waals surface area contributed by atoms with Crippen LogP contribution in [0, 0.1) is 0 Å². The zero-order valence-electron chi connectivity index (χ0n) is 26.2. The van der Waals surface area contributed by atoms with E-state index in [2.05, 4.69) is 13.8 Å². The van der Waals surface area contributed by atoms with E-state index in [4.69, 9.17) is 14.2 Å². The molecule has 0 aromatic rings. The normalized spacial score (nSPS) is 20.0. The van der Waals surface area contributed by atoms with Crippen molar-refractivity contribution in [3.63, 3.8) is 0 Å². The molecule has 0 bridgehead atoms. The van der Waals surface area contributed by atoms with Gasteiger partial charge in [-0.25, -0.2) is 4.79 Å². The molecule has 1 heterocycles. The Balaban J connectivity index is 3.07. The first kappa shape index (κ1) is 38.6. The third kappa shape index (κ3) is 12.7. The van der Waals surface area contributed by atoms with E-state index in [1.807, 2.05) is 0 Å². The smallest absolute Gasteiger partial charge is 0.378 e. The third-order valence-electron chi connectivity index (χ3n) is 8.05. The van der Waals surface area contributed by atoms with Crippen LogP contribution < -0.4 is 0 Å². The number of carbonyl (C=O) groups excluding carboxylic acids is 1. The van der Waals surface area contributed by atoms with Gasteiger partial charge in [-0.05, 0) is 12.8 Å². The molecular weight excluding hydrogens is 544 g/mol. The zero-order valence-corrected chi connectivity index (χ0v) is 26.2. The Labute approximate surface area is 253 Å². The van der Waals surface area contributed by atoms with E-state index in [1.165, 1.54) is 38.5 Å². The lowest BCUT2D eigenvalue weighted by atomic mass is 9.74. The highest BCUT2D eigenvalue weighted by atomic mass is 16.6. The summed E-state index contributed by atoms with van der Waals surface area (Å²) in [6.07, 6.45) is 13.2. The molecule has 0 aromatic carbocycles. The lowest BCUT2D eigenvalue weighted by molar-refractivity contribution is -0.212. The summed E-state index contributed by atoms with van der Waals surface area (Å²) in [6.45, 7) is 2.33. The minimum absolute atomic E-state index is 0.163. The molecule has 1 aliphatic heterocycles. The molecule has 6 N–H and O–H groups in total. The zero-order chi connectivity index (χ0) is 31.3. The minimum Gasteiger partial charge on any atom is -0.490 e. The summed E-state index contributed by atoms with van der Waals surface area (Å²) in [4.78, 5) is 13.2. The van der Waals surface area contributed by atoms with Gasteiger partial charge in [0.15, 0.2) is 5.76 Å². The van der Waals surface area contributed by atoms with Crippen LogP contribution in [-0.2, 0) is 19.0 Å². The number of cyclic esters (lactones) is 1. The number of aliphatic hydroxyl groups is 6. The standard InChI is InChI=1S/C32H60O10/c1-3-5-7-9-11-12-13-14-16-18-20-41-29-28(40-19-17-15-10-8-6-4-2)30(38)42-32(29,22-27(37)24-34)31(39,25-35)21-26(36)23-33/h26-27,33-37,39H,3-25H2,1-2H3/t26?,27?,31-,32-/m0/s1. The van der Waals surface area contributed by atoms with Gasteiger partial charge in [-0.15, -0.1) is 0 Å². The van der Waals surface area contributed by atoms with Crippen molar-refractivity contribution < 1.29 is 49.6 Å². The number of unbranched alkanes of at least 4 members (excludes halogenated alkanes) is 14. The number of aliphatic hydroxyl groups excluding tert-OH is 5. The van der Waals surface area contributed by atoms with Gasteiger partial charge in [-0.3, -0.25) is 0 Å². The first-order valence-electron chi connectivity index (χ1n) is 16.4. The number of rotatable bonds is 28. The number of hydrogen-bond acceptors (Lipinski definition) is 10. The Morgan fingerprint density at radius 1 is 0.714 bits per heavy atom. The fraction of sp³-hybridized carbons (Fsp3) is 0.906. The van der Waals surface area contributed by atoms with Crippen LogP contribution in [0.1, 0.15) is 129 Å². The van der Waals surface area contributed by atoms with Crippen LogP contribution in [0.2, 0.25) is 0 Å². The van der Waals surface area contributed by atoms with Gasteiger partial charge in [0, 0.05) is 12.8 Å². The molecule has 42 heavy (non-hydrogen) atoms. The first-order chi connectivity index (χ1) is 20.2. The van der Waals surface area contributed by atoms with E-state index >= 15 is 0 Å². The molecule has 4 atom stereocenters. The SMILES string of the molecule is CCCCCCCCCCCCOC1=C(OCCCCCCCC)C(=O)O[C@]1(CC(O)CO)[C@@](O)(CO)CC(O)CO. The monoisotopic (exact) mass is 604 g/mol. The van der Waals surface area contributed by atoms with Crippen molar-refractivity contribution in [2.75, 3.05) is 33.0 Å². The predicted molar refractivity (Wildman–Crippen MR) is 160 cm³/mol. The molecular formula is C32H60O10. The molecule has 248 valence electrons. The Morgan fingerprint density at radius 3 is 1.62 bits per heavy atom. The maximum Gasteiger partial charge on any atom is 0.378 e. The fourth-order valence-corrected chi connectivity index (χ4v) is 5.49. The Hall–Kier alpha value is -1.43. The average molecular weight is 605 g/mol. The lowest BCUT2D eigenvalue weighted by Crippen LogP contribution is -2.61. The van der Waals surface area contributed by atoms with Gasteiger partial charge in [0.05, 0.1) is 45.2 Å². The second-order valence-electron chi connectivity index (χ2n) is 11.8. The van der Waals surface area contributed by atoms with E-state index in [-0.39, 0.29) is 24.7 Å². The van der Waals surface area contributed by atoms with Gasteiger partial charge in [0.2, 0.25) is 11.4 Å². The van der Waals surface area contributed by atoms with E-state index in [1.54, 1.807) is 0 Å². The lowest BCUT2D eigenvalue weighted by Gasteiger charge is -2.44. The largest absolute Gasteiger partial charge is 0.490 e. The third-order valence-corrected chi connectivity index (χ3v) is 8.05. The van der Waals surface area contributed by atoms with Crippen molar-refractivity contribution in [1.29, 1.82) is 0 Å². The minimum atomic E-state index is -2.35. The van der Waals surface area contributed by atoms with Crippen molar-refractivity contribution >= 4 is 5.97 Å². The van der Waals surface area contributed by atoms with Gasteiger partial charge < -0.3 is 44.8 Å². The van der Waals surface area contributed by atoms with Crippen LogP contribution in [0.15, 0.2) is 11.5 Å². The predicted octanol–water partition coefficient (Wildman–Crippen LogP) is 4.02. The molecule has 1 rings (SSSR count). The summed E-state index contributed by atoms with van der Waals surface area (Å²) in [5, 5.41) is 61.6. The second-order valence-corrected chi connectivity index (χ2v) is 11.8. The molecule has 0 aliphatic carbocycles. The van der Waals surface area contributed by atoms with Gasteiger partial charge in [-0.2, -0.15) is 0 Å². The topological polar surface area (TPSA) is 166 Å². The molecule has 0 fully saturated rings. The summed E-state index contributed by atoms with van der Waals surface area (Å²) in [5.41, 5.74) is -4.49. The molecule has 10 heteroatoms. The summed E-state index contributed by atoms with van der Waals surface area (Å²) < 4.78 is 17.6. The van der Waals surface area contributed by atoms with Gasteiger partial charge in [0.25, 0.3) is 0 Å². The van der Waals surface area contributed by atoms with Crippen LogP contribution in [0.4, 0.5) is 0 Å². The van der Waals surface area contributed by atoms with Gasteiger partial charge >= 0.3 is 5.97 Å². The van der Waals surface area contributed by atoms with Crippen molar-refractivity contribution in [2.24, 2.45) is 0 Å². The Bertz CT molecular complexity index is 745. The summed E-state index contributed by atoms with van der Waals surface area (Å²) in [5.74, 6) is -1.33. The molecule has 0 saturated carbocycles. The fourth-order valence-electron chi connectivity index (χ4n) is 5.49. The number of hydrogen-bond donors (Lipinski definition) is 6. The van der Waals surface area contributed by atoms with Crippen molar-refractivity contribution in [2.45, 2.75) is 153 Å². The van der Waals surface area contributed by atoms with Crippen LogP contribution in [0.5, 0.6) is 0 Å². The van der Waals surface area contributed by atoms with Crippen LogP contribution in [0.25, 0.3) is 0 Å². The van der Waals surface area contributed by atoms with Gasteiger partial charge in [0.1, 0.15) is 5.60 Å². The van der Waals surface area contributed by atoms with Crippen molar-refractivity contribution in [1.82, 2.24) is 0 Å². The van der Waals surface area contributed by atoms with Crippen LogP contribution >= 0.6 is 0 Å². The molecule has 0 saturated heterocycles. The van der Waals surface area contributed by atoms with Crippen molar-refractivity contribution in [3.05, 3.63) is 11.5 Å². The molecule has 0 radical (unpaired) electrons. The number of esters is 1. The molecule has 0 aromatic heterocycles. The number of carbonyl (C=O) groups is 1. The quantitative estimate of drug-likeness (QED) is 0.0567. The number of ether oxygens (including phenoxy) is 3. The van der Waals surface area contributed by atoms with E-state index in [9.17, 15) is 35.4 Å². The Kier molecular flexibility index (Phi) is 20.3. The highest BCUT2D eigenvalue weighted by Gasteiger charge is 2.64. The van der Waals surface area contributed by atoms with Crippen LogP contribution in [0.3, 0.4) is 0 Å². The van der Waals surface area contributed by atoms with Crippen LogP contribution in [-0.4, -0.2) is 93.1 Å². The highest BCUT2D eigenvalue weighted by molar-refractivity contribution is 5.90.